The molecule has 0 unspecified atom stereocenters. The number of halogens is 2. The summed E-state index contributed by atoms with van der Waals surface area (Å²) in [5, 5.41) is -0.203. The van der Waals surface area contributed by atoms with Gasteiger partial charge in [0.05, 0.1) is 9.92 Å². The maximum atomic E-state index is 13.2. The zero-order valence-corrected chi connectivity index (χ0v) is 13.6. The Kier molecular flexibility index (Phi) is 5.50. The van der Waals surface area contributed by atoms with Crippen molar-refractivity contribution in [1.82, 2.24) is 9.29 Å². The Bertz CT molecular complexity index is 738. The van der Waals surface area contributed by atoms with Gasteiger partial charge in [0.2, 0.25) is 10.0 Å². The molecule has 0 saturated heterocycles. The van der Waals surface area contributed by atoms with Crippen molar-refractivity contribution in [2.24, 2.45) is 0 Å². The van der Waals surface area contributed by atoms with Gasteiger partial charge in [-0.1, -0.05) is 18.5 Å². The molecule has 0 atom stereocenters. The van der Waals surface area contributed by atoms with E-state index in [-0.39, 0.29) is 9.92 Å². The summed E-state index contributed by atoms with van der Waals surface area (Å²) < 4.78 is 39.7. The predicted molar refractivity (Wildman–Crippen MR) is 83.8 cm³/mol. The van der Waals surface area contributed by atoms with Gasteiger partial charge in [0, 0.05) is 25.5 Å². The standard InChI is InChI=1S/C15H16ClFN2O2S/c1-2-19(10-7-12-5-8-18-9-6-12)22(20,21)13-3-4-15(17)14(16)11-13/h3-6,8-9,11H,2,7,10H2,1H3. The molecule has 1 aromatic carbocycles. The molecule has 0 N–H and O–H groups in total. The van der Waals surface area contributed by atoms with E-state index in [4.69, 9.17) is 11.6 Å². The molecule has 7 heteroatoms. The summed E-state index contributed by atoms with van der Waals surface area (Å²) >= 11 is 5.68. The Morgan fingerprint density at radius 1 is 1.23 bits per heavy atom. The molecule has 0 bridgehead atoms. The average molecular weight is 343 g/mol. The maximum Gasteiger partial charge on any atom is 0.243 e. The fourth-order valence-corrected chi connectivity index (χ4v) is 3.76. The predicted octanol–water partition coefficient (Wildman–Crippen LogP) is 3.13. The van der Waals surface area contributed by atoms with Gasteiger partial charge in [-0.05, 0) is 42.3 Å². The second-order valence-corrected chi connectivity index (χ2v) is 7.02. The number of nitrogens with zero attached hydrogens (tertiary/aromatic N) is 2. The van der Waals surface area contributed by atoms with Crippen LogP contribution in [0, 0.1) is 5.82 Å². The van der Waals surface area contributed by atoms with Gasteiger partial charge in [-0.3, -0.25) is 4.98 Å². The topological polar surface area (TPSA) is 50.3 Å². The second-order valence-electron chi connectivity index (χ2n) is 4.68. The van der Waals surface area contributed by atoms with E-state index < -0.39 is 15.8 Å². The third-order valence-electron chi connectivity index (χ3n) is 3.28. The first-order chi connectivity index (χ1) is 10.4. The molecular formula is C15H16ClFN2O2S. The highest BCUT2D eigenvalue weighted by atomic mass is 35.5. The van der Waals surface area contributed by atoms with Crippen LogP contribution in [0.15, 0.2) is 47.6 Å². The molecule has 0 aliphatic rings. The van der Waals surface area contributed by atoms with E-state index in [0.717, 1.165) is 17.7 Å². The first kappa shape index (κ1) is 16.9. The first-order valence-electron chi connectivity index (χ1n) is 6.79. The molecule has 0 saturated carbocycles. The first-order valence-corrected chi connectivity index (χ1v) is 8.61. The quantitative estimate of drug-likeness (QED) is 0.810. The van der Waals surface area contributed by atoms with E-state index in [1.54, 1.807) is 19.3 Å². The van der Waals surface area contributed by atoms with Crippen molar-refractivity contribution in [3.63, 3.8) is 0 Å². The normalized spacial score (nSPS) is 11.8. The molecular weight excluding hydrogens is 327 g/mol. The van der Waals surface area contributed by atoms with Crippen molar-refractivity contribution in [3.8, 4) is 0 Å². The van der Waals surface area contributed by atoms with Crippen LogP contribution in [0.5, 0.6) is 0 Å². The summed E-state index contributed by atoms with van der Waals surface area (Å²) in [5.41, 5.74) is 1.00. The molecule has 0 radical (unpaired) electrons. The molecule has 1 heterocycles. The van der Waals surface area contributed by atoms with Crippen molar-refractivity contribution >= 4 is 21.6 Å². The van der Waals surface area contributed by atoms with E-state index in [1.807, 2.05) is 12.1 Å². The lowest BCUT2D eigenvalue weighted by molar-refractivity contribution is 0.431. The minimum Gasteiger partial charge on any atom is -0.265 e. The minimum absolute atomic E-state index is 0.00419. The SMILES string of the molecule is CCN(CCc1ccncc1)S(=O)(=O)c1ccc(F)c(Cl)c1. The Hall–Kier alpha value is -1.50. The van der Waals surface area contributed by atoms with Gasteiger partial charge >= 0.3 is 0 Å². The zero-order valence-electron chi connectivity index (χ0n) is 12.0. The van der Waals surface area contributed by atoms with Crippen LogP contribution >= 0.6 is 11.6 Å². The fourth-order valence-electron chi connectivity index (χ4n) is 2.04. The molecule has 0 aliphatic heterocycles. The van der Waals surface area contributed by atoms with Gasteiger partial charge in [-0.25, -0.2) is 12.8 Å². The molecule has 1 aromatic heterocycles. The van der Waals surface area contributed by atoms with Crippen LogP contribution in [0.3, 0.4) is 0 Å². The smallest absolute Gasteiger partial charge is 0.243 e. The van der Waals surface area contributed by atoms with Crippen molar-refractivity contribution < 1.29 is 12.8 Å². The van der Waals surface area contributed by atoms with Crippen molar-refractivity contribution in [2.75, 3.05) is 13.1 Å². The Morgan fingerprint density at radius 3 is 2.50 bits per heavy atom. The van der Waals surface area contributed by atoms with Gasteiger partial charge in [0.15, 0.2) is 0 Å². The lowest BCUT2D eigenvalue weighted by Crippen LogP contribution is -2.32. The number of pyridine rings is 1. The van der Waals surface area contributed by atoms with Crippen LogP contribution in [-0.4, -0.2) is 30.8 Å². The van der Waals surface area contributed by atoms with Crippen LogP contribution in [0.2, 0.25) is 5.02 Å². The number of sulfonamides is 1. The summed E-state index contributed by atoms with van der Waals surface area (Å²) in [6, 6.07) is 7.11. The van der Waals surface area contributed by atoms with Gasteiger partial charge < -0.3 is 0 Å². The highest BCUT2D eigenvalue weighted by Crippen LogP contribution is 2.22. The summed E-state index contributed by atoms with van der Waals surface area (Å²) in [6.07, 6.45) is 3.91. The lowest BCUT2D eigenvalue weighted by atomic mass is 10.2. The minimum atomic E-state index is -3.69. The molecule has 0 amide bonds. The van der Waals surface area contributed by atoms with Gasteiger partial charge in [-0.2, -0.15) is 4.31 Å². The highest BCUT2D eigenvalue weighted by molar-refractivity contribution is 7.89. The zero-order chi connectivity index (χ0) is 16.2. The number of likely N-dealkylation sites (N-methyl/N-ethyl adjacent to an activating group) is 1. The van der Waals surface area contributed by atoms with E-state index in [0.29, 0.717) is 19.5 Å². The van der Waals surface area contributed by atoms with Gasteiger partial charge in [0.1, 0.15) is 5.82 Å². The molecule has 0 spiro atoms. The summed E-state index contributed by atoms with van der Waals surface area (Å²) in [4.78, 5) is 3.92. The van der Waals surface area contributed by atoms with Crippen LogP contribution < -0.4 is 0 Å². The number of aromatic nitrogens is 1. The van der Waals surface area contributed by atoms with Crippen molar-refractivity contribution in [3.05, 3.63) is 59.1 Å². The molecule has 22 heavy (non-hydrogen) atoms. The Balaban J connectivity index is 2.19. The van der Waals surface area contributed by atoms with Gasteiger partial charge in [-0.15, -0.1) is 0 Å². The molecule has 2 aromatic rings. The summed E-state index contributed by atoms with van der Waals surface area (Å²) in [5.74, 6) is -0.638. The lowest BCUT2D eigenvalue weighted by Gasteiger charge is -2.20. The number of rotatable bonds is 6. The fraction of sp³-hybridized carbons (Fsp3) is 0.267. The van der Waals surface area contributed by atoms with Crippen molar-refractivity contribution in [2.45, 2.75) is 18.2 Å². The van der Waals surface area contributed by atoms with E-state index in [1.165, 1.54) is 10.4 Å². The number of hydrogen-bond acceptors (Lipinski definition) is 3. The van der Waals surface area contributed by atoms with E-state index >= 15 is 0 Å². The van der Waals surface area contributed by atoms with Crippen LogP contribution in [0.1, 0.15) is 12.5 Å². The monoisotopic (exact) mass is 342 g/mol. The van der Waals surface area contributed by atoms with Crippen LogP contribution in [0.4, 0.5) is 4.39 Å². The highest BCUT2D eigenvalue weighted by Gasteiger charge is 2.23. The molecule has 2 rings (SSSR count). The number of hydrogen-bond donors (Lipinski definition) is 0. The molecule has 118 valence electrons. The third kappa shape index (κ3) is 3.82. The Morgan fingerprint density at radius 2 is 1.91 bits per heavy atom. The second kappa shape index (κ2) is 7.17. The summed E-state index contributed by atoms with van der Waals surface area (Å²) in [7, 11) is -3.69. The maximum absolute atomic E-state index is 13.2. The molecule has 0 fully saturated rings. The van der Waals surface area contributed by atoms with Crippen molar-refractivity contribution in [1.29, 1.82) is 0 Å². The van der Waals surface area contributed by atoms with Gasteiger partial charge in [0.25, 0.3) is 0 Å². The number of benzene rings is 1. The molecule has 0 aliphatic carbocycles. The third-order valence-corrected chi connectivity index (χ3v) is 5.54. The summed E-state index contributed by atoms with van der Waals surface area (Å²) in [6.45, 7) is 2.41. The van der Waals surface area contributed by atoms with E-state index in [9.17, 15) is 12.8 Å². The van der Waals surface area contributed by atoms with Crippen LogP contribution in [-0.2, 0) is 16.4 Å². The van der Waals surface area contributed by atoms with Crippen LogP contribution in [0.25, 0.3) is 0 Å². The Labute approximate surface area is 134 Å². The molecule has 4 nitrogen and oxygen atoms in total. The average Bonchev–Trinajstić information content (AvgIpc) is 2.51. The largest absolute Gasteiger partial charge is 0.265 e. The van der Waals surface area contributed by atoms with E-state index in [2.05, 4.69) is 4.98 Å².